The van der Waals surface area contributed by atoms with Crippen LogP contribution in [0.1, 0.15) is 60.4 Å². The Morgan fingerprint density at radius 3 is 2.39 bits per heavy atom. The van der Waals surface area contributed by atoms with Gasteiger partial charge >= 0.3 is 0 Å². The second-order valence-electron chi connectivity index (χ2n) is 12.2. The van der Waals surface area contributed by atoms with E-state index in [-0.39, 0.29) is 30.9 Å². The molecule has 0 aliphatic heterocycles. The van der Waals surface area contributed by atoms with Gasteiger partial charge in [-0.05, 0) is 78.9 Å². The number of nitrogens with one attached hydrogen (secondary N) is 1. The molecule has 9 heteroatoms. The normalized spacial score (nSPS) is 13.6. The van der Waals surface area contributed by atoms with E-state index in [0.717, 1.165) is 47.9 Å². The lowest BCUT2D eigenvalue weighted by Crippen LogP contribution is -2.48. The largest absolute Gasteiger partial charge is 0.493 e. The van der Waals surface area contributed by atoms with Crippen molar-refractivity contribution in [2.75, 3.05) is 20.8 Å². The standard InChI is InChI=1S/C40H41N5O4/c1-48-36-23-22-31(27-37(36)49-2)24-25-44(38(46)28-45-35-19-10-9-18-34(35)42-43-45)39(40(47)41-33-16-7-4-8-17-33)32-15-11-14-30(26-32)21-20-29-12-5-3-6-13-29/h3,5-6,9-15,18-19,22-23,26-27,33,39H,4,7-8,16-17,24-25,28H2,1-2H3,(H,41,47)/t39-/m1/s1. The third-order valence-corrected chi connectivity index (χ3v) is 8.95. The Hall–Kier alpha value is -5.62. The van der Waals surface area contributed by atoms with E-state index in [1.54, 1.807) is 23.8 Å². The quantitative estimate of drug-likeness (QED) is 0.173. The summed E-state index contributed by atoms with van der Waals surface area (Å²) in [5, 5.41) is 11.8. The number of benzene rings is 4. The van der Waals surface area contributed by atoms with Crippen molar-refractivity contribution in [3.05, 3.63) is 119 Å². The van der Waals surface area contributed by atoms with Crippen LogP contribution in [0, 0.1) is 11.8 Å². The Balaban J connectivity index is 1.38. The first-order chi connectivity index (χ1) is 24.0. The Morgan fingerprint density at radius 2 is 1.59 bits per heavy atom. The maximum Gasteiger partial charge on any atom is 0.247 e. The summed E-state index contributed by atoms with van der Waals surface area (Å²) in [4.78, 5) is 30.6. The summed E-state index contributed by atoms with van der Waals surface area (Å²) in [5.41, 5.74) is 4.73. The van der Waals surface area contributed by atoms with Crippen LogP contribution in [0.25, 0.3) is 11.0 Å². The molecule has 250 valence electrons. The minimum atomic E-state index is -0.900. The number of nitrogens with zero attached hydrogens (tertiary/aromatic N) is 4. The highest BCUT2D eigenvalue weighted by molar-refractivity contribution is 5.89. The van der Waals surface area contributed by atoms with Crippen molar-refractivity contribution in [1.82, 2.24) is 25.2 Å². The van der Waals surface area contributed by atoms with Crippen LogP contribution in [0.4, 0.5) is 0 Å². The molecule has 1 fully saturated rings. The number of rotatable bonds is 11. The average Bonchev–Trinajstić information content (AvgIpc) is 3.55. The van der Waals surface area contributed by atoms with Crippen molar-refractivity contribution in [3.8, 4) is 23.3 Å². The van der Waals surface area contributed by atoms with E-state index in [2.05, 4.69) is 27.5 Å². The fraction of sp³-hybridized carbons (Fsp3) is 0.300. The minimum absolute atomic E-state index is 0.0619. The maximum absolute atomic E-state index is 14.5. The highest BCUT2D eigenvalue weighted by Gasteiger charge is 2.33. The highest BCUT2D eigenvalue weighted by Crippen LogP contribution is 2.30. The molecule has 1 aliphatic carbocycles. The van der Waals surface area contributed by atoms with Gasteiger partial charge in [-0.1, -0.05) is 84.8 Å². The van der Waals surface area contributed by atoms with Crippen LogP contribution in [0.3, 0.4) is 0 Å². The monoisotopic (exact) mass is 655 g/mol. The first kappa shape index (κ1) is 33.3. The molecule has 0 unspecified atom stereocenters. The predicted molar refractivity (Wildman–Crippen MR) is 189 cm³/mol. The Bertz CT molecular complexity index is 1960. The number of amides is 2. The molecule has 0 saturated heterocycles. The molecule has 5 aromatic rings. The van der Waals surface area contributed by atoms with E-state index in [0.29, 0.717) is 29.0 Å². The first-order valence-electron chi connectivity index (χ1n) is 16.8. The SMILES string of the molecule is COc1ccc(CCN(C(=O)Cn2nnc3ccccc32)[C@@H](C(=O)NC2CCCCC2)c2cccc(C#Cc3ccccc3)c2)cc1OC. The van der Waals surface area contributed by atoms with Gasteiger partial charge in [-0.15, -0.1) is 5.10 Å². The molecule has 1 atom stereocenters. The van der Waals surface area contributed by atoms with Gasteiger partial charge in [-0.2, -0.15) is 0 Å². The molecule has 0 radical (unpaired) electrons. The fourth-order valence-electron chi connectivity index (χ4n) is 6.39. The summed E-state index contributed by atoms with van der Waals surface area (Å²) in [7, 11) is 3.19. The maximum atomic E-state index is 14.5. The van der Waals surface area contributed by atoms with Gasteiger partial charge in [0.1, 0.15) is 18.1 Å². The van der Waals surface area contributed by atoms with E-state index in [1.807, 2.05) is 97.1 Å². The molecular formula is C40H41N5O4. The van der Waals surface area contributed by atoms with Crippen molar-refractivity contribution in [2.24, 2.45) is 0 Å². The summed E-state index contributed by atoms with van der Waals surface area (Å²) in [6, 6.07) is 29.8. The molecule has 4 aromatic carbocycles. The Morgan fingerprint density at radius 1 is 0.857 bits per heavy atom. The van der Waals surface area contributed by atoms with Crippen LogP contribution in [-0.2, 0) is 22.6 Å². The van der Waals surface area contributed by atoms with Gasteiger partial charge in [0.05, 0.1) is 19.7 Å². The van der Waals surface area contributed by atoms with Crippen molar-refractivity contribution >= 4 is 22.8 Å². The topological polar surface area (TPSA) is 98.6 Å². The van der Waals surface area contributed by atoms with Gasteiger partial charge in [0.25, 0.3) is 0 Å². The third-order valence-electron chi connectivity index (χ3n) is 8.95. The lowest BCUT2D eigenvalue weighted by Gasteiger charge is -2.33. The lowest BCUT2D eigenvalue weighted by molar-refractivity contribution is -0.141. The summed E-state index contributed by atoms with van der Waals surface area (Å²) >= 11 is 0. The summed E-state index contributed by atoms with van der Waals surface area (Å²) < 4.78 is 12.6. The molecule has 6 rings (SSSR count). The van der Waals surface area contributed by atoms with Gasteiger partial charge < -0.3 is 19.7 Å². The molecule has 1 aliphatic rings. The van der Waals surface area contributed by atoms with Gasteiger partial charge in [-0.25, -0.2) is 4.68 Å². The Labute approximate surface area is 287 Å². The predicted octanol–water partition coefficient (Wildman–Crippen LogP) is 6.11. The fourth-order valence-corrected chi connectivity index (χ4v) is 6.39. The smallest absolute Gasteiger partial charge is 0.247 e. The highest BCUT2D eigenvalue weighted by atomic mass is 16.5. The van der Waals surface area contributed by atoms with E-state index < -0.39 is 6.04 Å². The van der Waals surface area contributed by atoms with E-state index in [4.69, 9.17) is 9.47 Å². The molecule has 49 heavy (non-hydrogen) atoms. The zero-order valence-electron chi connectivity index (χ0n) is 28.0. The number of hydrogen-bond donors (Lipinski definition) is 1. The molecule has 2 amide bonds. The van der Waals surface area contributed by atoms with Crippen LogP contribution in [-0.4, -0.2) is 58.5 Å². The van der Waals surface area contributed by atoms with E-state index >= 15 is 0 Å². The van der Waals surface area contributed by atoms with Crippen molar-refractivity contribution < 1.29 is 19.1 Å². The number of methoxy groups -OCH3 is 2. The van der Waals surface area contributed by atoms with Crippen molar-refractivity contribution in [3.63, 3.8) is 0 Å². The molecule has 1 heterocycles. The molecule has 1 aromatic heterocycles. The zero-order valence-corrected chi connectivity index (χ0v) is 28.0. The summed E-state index contributed by atoms with van der Waals surface area (Å²) in [6.45, 7) is 0.191. The van der Waals surface area contributed by atoms with Crippen LogP contribution >= 0.6 is 0 Å². The van der Waals surface area contributed by atoms with Crippen LogP contribution in [0.15, 0.2) is 97.1 Å². The molecule has 0 spiro atoms. The van der Waals surface area contributed by atoms with Gasteiger partial charge in [0.15, 0.2) is 11.5 Å². The van der Waals surface area contributed by atoms with E-state index in [1.165, 1.54) is 6.42 Å². The molecule has 0 bridgehead atoms. The number of ether oxygens (including phenoxy) is 2. The van der Waals surface area contributed by atoms with Crippen molar-refractivity contribution in [2.45, 2.75) is 57.2 Å². The van der Waals surface area contributed by atoms with Crippen molar-refractivity contribution in [1.29, 1.82) is 0 Å². The molecule has 1 saturated carbocycles. The lowest BCUT2D eigenvalue weighted by atomic mass is 9.94. The van der Waals surface area contributed by atoms with Crippen LogP contribution < -0.4 is 14.8 Å². The second-order valence-corrected chi connectivity index (χ2v) is 12.2. The van der Waals surface area contributed by atoms with Crippen LogP contribution in [0.5, 0.6) is 11.5 Å². The molecular weight excluding hydrogens is 614 g/mol. The minimum Gasteiger partial charge on any atom is -0.493 e. The number of para-hydroxylation sites is 1. The number of hydrogen-bond acceptors (Lipinski definition) is 6. The number of carbonyl (C=O) groups is 2. The van der Waals surface area contributed by atoms with Gasteiger partial charge in [-0.3, -0.25) is 9.59 Å². The third kappa shape index (κ3) is 8.28. The van der Waals surface area contributed by atoms with Crippen LogP contribution in [0.2, 0.25) is 0 Å². The number of carbonyl (C=O) groups excluding carboxylic acids is 2. The first-order valence-corrected chi connectivity index (χ1v) is 16.8. The molecule has 1 N–H and O–H groups in total. The second kappa shape index (κ2) is 16.0. The van der Waals surface area contributed by atoms with Gasteiger partial charge in [0, 0.05) is 23.7 Å². The number of aromatic nitrogens is 3. The number of fused-ring (bicyclic) bond motifs is 1. The van der Waals surface area contributed by atoms with E-state index in [9.17, 15) is 9.59 Å². The summed E-state index contributed by atoms with van der Waals surface area (Å²) in [5.74, 6) is 7.23. The molecule has 9 nitrogen and oxygen atoms in total. The zero-order chi connectivity index (χ0) is 34.0. The van der Waals surface area contributed by atoms with Gasteiger partial charge in [0.2, 0.25) is 11.8 Å². The summed E-state index contributed by atoms with van der Waals surface area (Å²) in [6.07, 6.45) is 5.63. The average molecular weight is 656 g/mol. The Kier molecular flexibility index (Phi) is 10.9.